The first-order valence-electron chi connectivity index (χ1n) is 7.81. The van der Waals surface area contributed by atoms with Crippen molar-refractivity contribution >= 4 is 5.91 Å². The van der Waals surface area contributed by atoms with Crippen molar-refractivity contribution in [2.24, 2.45) is 5.92 Å². The summed E-state index contributed by atoms with van der Waals surface area (Å²) in [5.41, 5.74) is 0.413. The summed E-state index contributed by atoms with van der Waals surface area (Å²) in [6.45, 7) is 4.34. The second-order valence-corrected chi connectivity index (χ2v) is 5.84. The quantitative estimate of drug-likeness (QED) is 0.819. The van der Waals surface area contributed by atoms with Gasteiger partial charge in [-0.3, -0.25) is 4.79 Å². The number of carbonyl (C=O) groups excluding carboxylic acids is 1. The van der Waals surface area contributed by atoms with Gasteiger partial charge in [-0.2, -0.15) is 0 Å². The lowest BCUT2D eigenvalue weighted by molar-refractivity contribution is 0.0945. The molecule has 1 atom stereocenters. The van der Waals surface area contributed by atoms with E-state index in [1.165, 1.54) is 0 Å². The van der Waals surface area contributed by atoms with Gasteiger partial charge in [0.2, 0.25) is 0 Å². The molecule has 0 aromatic carbocycles. The minimum Gasteiger partial charge on any atom is -0.381 e. The number of rotatable bonds is 5. The zero-order valence-corrected chi connectivity index (χ0v) is 12.3. The van der Waals surface area contributed by atoms with E-state index in [0.29, 0.717) is 24.2 Å². The Morgan fingerprint density at radius 2 is 2.29 bits per heavy atom. The van der Waals surface area contributed by atoms with E-state index in [-0.39, 0.29) is 5.91 Å². The predicted octanol–water partition coefficient (Wildman–Crippen LogP) is 0.359. The van der Waals surface area contributed by atoms with Crippen LogP contribution < -0.4 is 10.6 Å². The Kier molecular flexibility index (Phi) is 4.82. The van der Waals surface area contributed by atoms with E-state index in [9.17, 15) is 4.79 Å². The highest BCUT2D eigenvalue weighted by Crippen LogP contribution is 2.17. The lowest BCUT2D eigenvalue weighted by Gasteiger charge is -2.22. The molecule has 7 nitrogen and oxygen atoms in total. The van der Waals surface area contributed by atoms with Gasteiger partial charge in [0.25, 0.3) is 5.91 Å². The Hall–Kier alpha value is -1.47. The maximum atomic E-state index is 12.0. The zero-order valence-electron chi connectivity index (χ0n) is 12.3. The van der Waals surface area contributed by atoms with Crippen LogP contribution in [0.4, 0.5) is 0 Å². The Balaban J connectivity index is 1.46. The van der Waals surface area contributed by atoms with Crippen molar-refractivity contribution in [3.63, 3.8) is 0 Å². The van der Waals surface area contributed by atoms with Crippen LogP contribution in [0, 0.1) is 5.92 Å². The van der Waals surface area contributed by atoms with Crippen molar-refractivity contribution in [1.29, 1.82) is 0 Å². The van der Waals surface area contributed by atoms with Gasteiger partial charge >= 0.3 is 0 Å². The fraction of sp³-hybridized carbons (Fsp3) is 0.786. The monoisotopic (exact) mass is 293 g/mol. The molecule has 1 unspecified atom stereocenters. The maximum Gasteiger partial charge on any atom is 0.273 e. The molecular weight excluding hydrogens is 270 g/mol. The van der Waals surface area contributed by atoms with E-state index < -0.39 is 0 Å². The average molecular weight is 293 g/mol. The molecule has 7 heteroatoms. The van der Waals surface area contributed by atoms with E-state index >= 15 is 0 Å². The van der Waals surface area contributed by atoms with Crippen molar-refractivity contribution in [3.05, 3.63) is 11.9 Å². The third-order valence-corrected chi connectivity index (χ3v) is 4.29. The van der Waals surface area contributed by atoms with Crippen LogP contribution >= 0.6 is 0 Å². The molecule has 0 bridgehead atoms. The number of hydrogen-bond acceptors (Lipinski definition) is 5. The molecule has 2 N–H and O–H groups in total. The average Bonchev–Trinajstić information content (AvgIpc) is 3.20. The number of carbonyl (C=O) groups is 1. The van der Waals surface area contributed by atoms with Crippen LogP contribution in [0.3, 0.4) is 0 Å². The molecule has 0 aliphatic carbocycles. The molecule has 0 radical (unpaired) electrons. The van der Waals surface area contributed by atoms with Crippen LogP contribution in [-0.2, 0) is 4.74 Å². The first-order valence-corrected chi connectivity index (χ1v) is 7.81. The van der Waals surface area contributed by atoms with Gasteiger partial charge in [0, 0.05) is 19.8 Å². The summed E-state index contributed by atoms with van der Waals surface area (Å²) in [5.74, 6) is 0.449. The number of amides is 1. The van der Waals surface area contributed by atoms with Gasteiger partial charge in [0.05, 0.1) is 12.2 Å². The molecule has 0 saturated carbocycles. The van der Waals surface area contributed by atoms with Crippen molar-refractivity contribution in [1.82, 2.24) is 25.6 Å². The van der Waals surface area contributed by atoms with Crippen LogP contribution in [0.15, 0.2) is 6.20 Å². The lowest BCUT2D eigenvalue weighted by Crippen LogP contribution is -2.29. The van der Waals surface area contributed by atoms with E-state index in [2.05, 4.69) is 20.9 Å². The Bertz CT molecular complexity index is 464. The van der Waals surface area contributed by atoms with E-state index in [1.807, 2.05) is 4.68 Å². The molecule has 1 aromatic heterocycles. The van der Waals surface area contributed by atoms with E-state index in [4.69, 9.17) is 4.74 Å². The van der Waals surface area contributed by atoms with Gasteiger partial charge in [-0.25, -0.2) is 4.68 Å². The Morgan fingerprint density at radius 1 is 1.43 bits per heavy atom. The zero-order chi connectivity index (χ0) is 14.5. The molecule has 2 saturated heterocycles. The number of hydrogen-bond donors (Lipinski definition) is 2. The van der Waals surface area contributed by atoms with Crippen LogP contribution in [0.2, 0.25) is 0 Å². The second kappa shape index (κ2) is 7.00. The molecule has 2 fully saturated rings. The molecule has 3 heterocycles. The number of ether oxygens (including phenoxy) is 1. The summed E-state index contributed by atoms with van der Waals surface area (Å²) >= 11 is 0. The lowest BCUT2D eigenvalue weighted by atomic mass is 10.1. The number of nitrogens with zero attached hydrogens (tertiary/aromatic N) is 3. The smallest absolute Gasteiger partial charge is 0.273 e. The Morgan fingerprint density at radius 3 is 3.05 bits per heavy atom. The molecule has 21 heavy (non-hydrogen) atoms. The van der Waals surface area contributed by atoms with Crippen molar-refractivity contribution in [2.75, 3.05) is 32.8 Å². The van der Waals surface area contributed by atoms with Crippen molar-refractivity contribution < 1.29 is 9.53 Å². The van der Waals surface area contributed by atoms with Crippen LogP contribution in [-0.4, -0.2) is 53.7 Å². The van der Waals surface area contributed by atoms with Crippen LogP contribution in [0.25, 0.3) is 0 Å². The molecule has 116 valence electrons. The highest BCUT2D eigenvalue weighted by atomic mass is 16.5. The van der Waals surface area contributed by atoms with Gasteiger partial charge in [-0.15, -0.1) is 5.10 Å². The second-order valence-electron chi connectivity index (χ2n) is 5.84. The minimum atomic E-state index is -0.130. The molecular formula is C14H23N5O2. The highest BCUT2D eigenvalue weighted by molar-refractivity contribution is 5.91. The number of aromatic nitrogens is 3. The summed E-state index contributed by atoms with van der Waals surface area (Å²) in [6.07, 6.45) is 5.90. The normalized spacial score (nSPS) is 23.3. The minimum absolute atomic E-state index is 0.130. The van der Waals surface area contributed by atoms with E-state index in [0.717, 1.165) is 52.0 Å². The summed E-state index contributed by atoms with van der Waals surface area (Å²) in [7, 11) is 0. The van der Waals surface area contributed by atoms with Gasteiger partial charge < -0.3 is 15.4 Å². The molecule has 1 aromatic rings. The van der Waals surface area contributed by atoms with Crippen molar-refractivity contribution in [2.45, 2.75) is 31.7 Å². The first-order chi connectivity index (χ1) is 10.3. The summed E-state index contributed by atoms with van der Waals surface area (Å²) in [4.78, 5) is 12.0. The third kappa shape index (κ3) is 3.79. The Labute approximate surface area is 124 Å². The summed E-state index contributed by atoms with van der Waals surface area (Å²) in [6, 6.07) is 0.357. The highest BCUT2D eigenvalue weighted by Gasteiger charge is 2.19. The van der Waals surface area contributed by atoms with Gasteiger partial charge in [-0.1, -0.05) is 5.21 Å². The fourth-order valence-electron chi connectivity index (χ4n) is 2.92. The molecule has 2 aliphatic rings. The molecule has 0 spiro atoms. The largest absolute Gasteiger partial charge is 0.381 e. The number of piperidine rings is 1. The molecule has 2 aliphatic heterocycles. The molecule has 1 amide bonds. The topological polar surface area (TPSA) is 81.1 Å². The first kappa shape index (κ1) is 14.5. The van der Waals surface area contributed by atoms with Gasteiger partial charge in [0.1, 0.15) is 0 Å². The van der Waals surface area contributed by atoms with Crippen LogP contribution in [0.1, 0.15) is 42.2 Å². The van der Waals surface area contributed by atoms with Gasteiger partial charge in [-0.05, 0) is 44.7 Å². The molecule has 3 rings (SSSR count). The van der Waals surface area contributed by atoms with Crippen molar-refractivity contribution in [3.8, 4) is 0 Å². The van der Waals surface area contributed by atoms with Gasteiger partial charge in [0.15, 0.2) is 5.69 Å². The predicted molar refractivity (Wildman–Crippen MR) is 77.0 cm³/mol. The number of nitrogens with one attached hydrogen (secondary N) is 2. The summed E-state index contributed by atoms with van der Waals surface area (Å²) < 4.78 is 7.16. The standard InChI is InChI=1S/C14H23N5O2/c20-14(16-7-1-11-4-8-21-10-11)13-9-19(18-17-13)12-2-5-15-6-3-12/h9,11-12,15H,1-8,10H2,(H,16,20). The van der Waals surface area contributed by atoms with Crippen LogP contribution in [0.5, 0.6) is 0 Å². The third-order valence-electron chi connectivity index (χ3n) is 4.29. The summed E-state index contributed by atoms with van der Waals surface area (Å²) in [5, 5.41) is 14.3. The fourth-order valence-corrected chi connectivity index (χ4v) is 2.92. The van der Waals surface area contributed by atoms with E-state index in [1.54, 1.807) is 6.20 Å². The maximum absolute atomic E-state index is 12.0. The SMILES string of the molecule is O=C(NCCC1CCOC1)c1cn(C2CCNCC2)nn1.